The monoisotopic (exact) mass is 201 g/mol. The zero-order valence-electron chi connectivity index (χ0n) is 6.76. The predicted molar refractivity (Wildman–Crippen MR) is 54.1 cm³/mol. The average Bonchev–Trinajstić information content (AvgIpc) is 2.29. The van der Waals surface area contributed by atoms with Gasteiger partial charge in [-0.3, -0.25) is 4.79 Å². The molecule has 0 radical (unpaired) electrons. The van der Waals surface area contributed by atoms with E-state index in [-0.39, 0.29) is 9.99 Å². The number of thiocarbonyl (C=S) groups is 1. The van der Waals surface area contributed by atoms with Gasteiger partial charge in [0.25, 0.3) is 0 Å². The summed E-state index contributed by atoms with van der Waals surface area (Å²) in [7, 11) is 0. The number of thioether (sulfide) groups is 1. The fourth-order valence-corrected chi connectivity index (χ4v) is 3.39. The Labute approximate surface area is 81.5 Å². The van der Waals surface area contributed by atoms with Gasteiger partial charge in [-0.2, -0.15) is 0 Å². The maximum absolute atomic E-state index is 11.2. The van der Waals surface area contributed by atoms with E-state index in [2.05, 4.69) is 5.32 Å². The van der Waals surface area contributed by atoms with E-state index < -0.39 is 0 Å². The van der Waals surface area contributed by atoms with Crippen molar-refractivity contribution in [3.8, 4) is 0 Å². The summed E-state index contributed by atoms with van der Waals surface area (Å²) in [6.45, 7) is 0. The van der Waals surface area contributed by atoms with Crippen molar-refractivity contribution in [1.29, 1.82) is 0 Å². The molecule has 1 N–H and O–H groups in total. The summed E-state index contributed by atoms with van der Waals surface area (Å²) in [6.07, 6.45) is 5.91. The second-order valence-electron chi connectivity index (χ2n) is 3.40. The van der Waals surface area contributed by atoms with Crippen LogP contribution in [0.4, 0.5) is 0 Å². The van der Waals surface area contributed by atoms with E-state index in [9.17, 15) is 4.79 Å². The lowest BCUT2D eigenvalue weighted by Gasteiger charge is -2.31. The molecule has 1 saturated carbocycles. The quantitative estimate of drug-likeness (QED) is 0.605. The Kier molecular flexibility index (Phi) is 2.12. The smallest absolute Gasteiger partial charge is 0.248 e. The van der Waals surface area contributed by atoms with Crippen LogP contribution in [0.1, 0.15) is 32.1 Å². The zero-order chi connectivity index (χ0) is 8.60. The van der Waals surface area contributed by atoms with Crippen LogP contribution in [0, 0.1) is 0 Å². The van der Waals surface area contributed by atoms with Gasteiger partial charge in [0, 0.05) is 0 Å². The van der Waals surface area contributed by atoms with E-state index >= 15 is 0 Å². The molecule has 1 aliphatic carbocycles. The van der Waals surface area contributed by atoms with Crippen LogP contribution in [0.5, 0.6) is 0 Å². The van der Waals surface area contributed by atoms with Crippen molar-refractivity contribution in [2.24, 2.45) is 0 Å². The standard InChI is InChI=1S/C8H11NOS2/c10-7-6(11)9-8(12-7)4-2-1-3-5-8/h1-5H2,(H,9,11). The minimum atomic E-state index is -0.00752. The van der Waals surface area contributed by atoms with Gasteiger partial charge < -0.3 is 5.32 Å². The number of carbonyl (C=O) groups is 1. The highest BCUT2D eigenvalue weighted by molar-refractivity contribution is 8.19. The predicted octanol–water partition coefficient (Wildman–Crippen LogP) is 1.84. The number of rotatable bonds is 0. The fourth-order valence-electron chi connectivity index (χ4n) is 1.86. The SMILES string of the molecule is O=C1SC2(CCCCC2)NC1=S. The summed E-state index contributed by atoms with van der Waals surface area (Å²) >= 11 is 6.32. The molecule has 0 aromatic heterocycles. The molecule has 0 unspecified atom stereocenters. The zero-order valence-corrected chi connectivity index (χ0v) is 8.39. The number of nitrogens with one attached hydrogen (secondary N) is 1. The lowest BCUT2D eigenvalue weighted by atomic mass is 9.95. The molecule has 1 aliphatic heterocycles. The van der Waals surface area contributed by atoms with Gasteiger partial charge in [-0.1, -0.05) is 43.2 Å². The van der Waals surface area contributed by atoms with Crippen molar-refractivity contribution in [3.63, 3.8) is 0 Å². The molecule has 2 aliphatic rings. The van der Waals surface area contributed by atoms with Crippen LogP contribution in [0.3, 0.4) is 0 Å². The molecule has 1 spiro atoms. The van der Waals surface area contributed by atoms with Crippen molar-refractivity contribution >= 4 is 34.1 Å². The Morgan fingerprint density at radius 1 is 1.33 bits per heavy atom. The van der Waals surface area contributed by atoms with Gasteiger partial charge in [0.2, 0.25) is 5.12 Å². The molecule has 0 aromatic rings. The van der Waals surface area contributed by atoms with Gasteiger partial charge in [0.15, 0.2) is 4.99 Å². The molecule has 12 heavy (non-hydrogen) atoms. The van der Waals surface area contributed by atoms with Gasteiger partial charge in [-0.05, 0) is 12.8 Å². The lowest BCUT2D eigenvalue weighted by molar-refractivity contribution is -0.105. The fraction of sp³-hybridized carbons (Fsp3) is 0.750. The van der Waals surface area contributed by atoms with E-state index in [1.165, 1.54) is 31.0 Å². The van der Waals surface area contributed by atoms with Crippen LogP contribution < -0.4 is 5.32 Å². The maximum atomic E-state index is 11.2. The summed E-state index contributed by atoms with van der Waals surface area (Å²) in [5.74, 6) is 0. The molecule has 0 bridgehead atoms. The Morgan fingerprint density at radius 2 is 2.00 bits per heavy atom. The average molecular weight is 201 g/mol. The Morgan fingerprint density at radius 3 is 2.50 bits per heavy atom. The lowest BCUT2D eigenvalue weighted by Crippen LogP contribution is -2.40. The highest BCUT2D eigenvalue weighted by Crippen LogP contribution is 2.41. The molecule has 2 fully saturated rings. The van der Waals surface area contributed by atoms with Gasteiger partial charge >= 0.3 is 0 Å². The molecule has 4 heteroatoms. The second-order valence-corrected chi connectivity index (χ2v) is 5.16. The Hall–Kier alpha value is -0.0900. The van der Waals surface area contributed by atoms with Gasteiger partial charge in [-0.15, -0.1) is 0 Å². The van der Waals surface area contributed by atoms with Gasteiger partial charge in [0.05, 0.1) is 4.87 Å². The number of hydrogen-bond donors (Lipinski definition) is 1. The molecular weight excluding hydrogens is 190 g/mol. The summed E-state index contributed by atoms with van der Waals surface area (Å²) in [5.41, 5.74) is 0. The molecule has 1 heterocycles. The van der Waals surface area contributed by atoms with E-state index in [4.69, 9.17) is 12.2 Å². The van der Waals surface area contributed by atoms with Crippen molar-refractivity contribution < 1.29 is 4.79 Å². The molecule has 0 aromatic carbocycles. The second kappa shape index (κ2) is 3.00. The largest absolute Gasteiger partial charge is 0.358 e. The number of carbonyl (C=O) groups excluding carboxylic acids is 1. The molecule has 66 valence electrons. The van der Waals surface area contributed by atoms with Crippen LogP contribution in [-0.2, 0) is 4.79 Å². The first-order valence-corrected chi connectivity index (χ1v) is 5.50. The third-order valence-corrected chi connectivity index (χ3v) is 4.18. The van der Waals surface area contributed by atoms with Crippen LogP contribution in [0.2, 0.25) is 0 Å². The summed E-state index contributed by atoms with van der Waals surface area (Å²) < 4.78 is 0. The van der Waals surface area contributed by atoms with Crippen LogP contribution in [-0.4, -0.2) is 15.0 Å². The van der Waals surface area contributed by atoms with Crippen molar-refractivity contribution in [2.75, 3.05) is 0 Å². The van der Waals surface area contributed by atoms with Crippen molar-refractivity contribution in [2.45, 2.75) is 37.0 Å². The third-order valence-electron chi connectivity index (χ3n) is 2.48. The molecule has 0 atom stereocenters. The van der Waals surface area contributed by atoms with Crippen LogP contribution >= 0.6 is 24.0 Å². The molecule has 2 rings (SSSR count). The summed E-state index contributed by atoms with van der Waals surface area (Å²) in [6, 6.07) is 0. The minimum absolute atomic E-state index is 0.00752. The third kappa shape index (κ3) is 1.38. The number of hydrogen-bond acceptors (Lipinski definition) is 3. The summed E-state index contributed by atoms with van der Waals surface area (Å²) in [4.78, 5) is 11.6. The van der Waals surface area contributed by atoms with Gasteiger partial charge in [-0.25, -0.2) is 0 Å². The summed E-state index contributed by atoms with van der Waals surface area (Å²) in [5, 5.41) is 3.23. The van der Waals surface area contributed by atoms with E-state index in [1.54, 1.807) is 0 Å². The molecular formula is C8H11NOS2. The normalized spacial score (nSPS) is 27.7. The van der Waals surface area contributed by atoms with Crippen molar-refractivity contribution in [3.05, 3.63) is 0 Å². The Balaban J connectivity index is 2.12. The van der Waals surface area contributed by atoms with Crippen LogP contribution in [0.25, 0.3) is 0 Å². The first kappa shape index (κ1) is 8.51. The maximum Gasteiger partial charge on any atom is 0.248 e. The van der Waals surface area contributed by atoms with Gasteiger partial charge in [0.1, 0.15) is 0 Å². The highest BCUT2D eigenvalue weighted by atomic mass is 32.2. The molecule has 0 amide bonds. The van der Waals surface area contributed by atoms with E-state index in [1.807, 2.05) is 0 Å². The minimum Gasteiger partial charge on any atom is -0.358 e. The van der Waals surface area contributed by atoms with E-state index in [0.717, 1.165) is 12.8 Å². The topological polar surface area (TPSA) is 29.1 Å². The first-order valence-electron chi connectivity index (χ1n) is 4.27. The molecule has 2 nitrogen and oxygen atoms in total. The van der Waals surface area contributed by atoms with Crippen LogP contribution in [0.15, 0.2) is 0 Å². The highest BCUT2D eigenvalue weighted by Gasteiger charge is 2.42. The Bertz CT molecular complexity index is 215. The first-order chi connectivity index (χ1) is 5.72. The molecule has 1 saturated heterocycles. The van der Waals surface area contributed by atoms with E-state index in [0.29, 0.717) is 4.99 Å². The van der Waals surface area contributed by atoms with Crippen molar-refractivity contribution in [1.82, 2.24) is 5.32 Å².